The quantitative estimate of drug-likeness (QED) is 0.829. The molecule has 1 unspecified atom stereocenters. The third-order valence-electron chi connectivity index (χ3n) is 6.06. The number of amides is 2. The summed E-state index contributed by atoms with van der Waals surface area (Å²) < 4.78 is 5.30. The molecule has 2 fully saturated rings. The van der Waals surface area contributed by atoms with Gasteiger partial charge in [-0.1, -0.05) is 12.1 Å². The number of aromatic nitrogens is 2. The van der Waals surface area contributed by atoms with E-state index >= 15 is 0 Å². The minimum absolute atomic E-state index is 0.0884. The highest BCUT2D eigenvalue weighted by Crippen LogP contribution is 2.41. The molecule has 0 saturated carbocycles. The predicted octanol–water partition coefficient (Wildman–Crippen LogP) is 2.03. The Morgan fingerprint density at radius 2 is 2.07 bits per heavy atom. The Hall–Kier alpha value is -3.16. The van der Waals surface area contributed by atoms with Crippen molar-refractivity contribution in [3.8, 4) is 5.75 Å². The van der Waals surface area contributed by atoms with Gasteiger partial charge in [0, 0.05) is 31.9 Å². The number of anilines is 1. The predicted molar refractivity (Wildman–Crippen MR) is 112 cm³/mol. The zero-order valence-electron chi connectivity index (χ0n) is 17.4. The van der Waals surface area contributed by atoms with Crippen LogP contribution < -0.4 is 10.5 Å². The molecule has 1 spiro atoms. The number of rotatable bonds is 4. The van der Waals surface area contributed by atoms with Crippen LogP contribution in [0.25, 0.3) is 0 Å². The minimum Gasteiger partial charge on any atom is -0.497 e. The molecule has 2 aliphatic rings. The average Bonchev–Trinajstić information content (AvgIpc) is 3.15. The van der Waals surface area contributed by atoms with Crippen LogP contribution in [0.4, 0.5) is 5.95 Å². The van der Waals surface area contributed by atoms with Crippen molar-refractivity contribution in [1.29, 1.82) is 0 Å². The zero-order valence-corrected chi connectivity index (χ0v) is 17.4. The fraction of sp³-hybridized carbons (Fsp3) is 0.455. The number of carbonyl (C=O) groups excluding carboxylic acids is 2. The number of methoxy groups -OCH3 is 1. The van der Waals surface area contributed by atoms with Gasteiger partial charge >= 0.3 is 0 Å². The van der Waals surface area contributed by atoms with Gasteiger partial charge in [-0.3, -0.25) is 9.59 Å². The first-order chi connectivity index (χ1) is 14.4. The molecule has 158 valence electrons. The fourth-order valence-electron chi connectivity index (χ4n) is 4.58. The Kier molecular flexibility index (Phi) is 5.32. The molecule has 2 aromatic rings. The van der Waals surface area contributed by atoms with Crippen LogP contribution >= 0.6 is 0 Å². The van der Waals surface area contributed by atoms with E-state index < -0.39 is 5.41 Å². The van der Waals surface area contributed by atoms with Crippen LogP contribution in [0.15, 0.2) is 30.3 Å². The number of ether oxygens (including phenoxy) is 1. The molecule has 8 nitrogen and oxygen atoms in total. The van der Waals surface area contributed by atoms with E-state index in [1.165, 1.54) is 0 Å². The molecule has 0 bridgehead atoms. The first kappa shape index (κ1) is 20.1. The molecule has 1 atom stereocenters. The largest absolute Gasteiger partial charge is 0.497 e. The molecule has 3 heterocycles. The van der Waals surface area contributed by atoms with E-state index in [0.717, 1.165) is 30.7 Å². The number of benzene rings is 1. The van der Waals surface area contributed by atoms with Crippen LogP contribution in [0.5, 0.6) is 5.75 Å². The number of likely N-dealkylation sites (tertiary alicyclic amines) is 2. The van der Waals surface area contributed by atoms with E-state index in [-0.39, 0.29) is 23.5 Å². The van der Waals surface area contributed by atoms with Gasteiger partial charge in [0.25, 0.3) is 5.91 Å². The summed E-state index contributed by atoms with van der Waals surface area (Å²) in [5.41, 5.74) is 7.17. The number of aryl methyl sites for hydroxylation is 1. The second-order valence-electron chi connectivity index (χ2n) is 8.19. The van der Waals surface area contributed by atoms with E-state index in [9.17, 15) is 9.59 Å². The molecule has 1 aromatic heterocycles. The lowest BCUT2D eigenvalue weighted by Crippen LogP contribution is -2.50. The number of carbonyl (C=O) groups is 2. The number of hydrogen-bond donors (Lipinski definition) is 1. The van der Waals surface area contributed by atoms with Gasteiger partial charge in [-0.15, -0.1) is 0 Å². The number of nitrogens with two attached hydrogens (primary N) is 1. The molecule has 1 aromatic carbocycles. The Labute approximate surface area is 176 Å². The first-order valence-electron chi connectivity index (χ1n) is 10.2. The second kappa shape index (κ2) is 7.93. The molecule has 2 N–H and O–H groups in total. The molecular weight excluding hydrogens is 382 g/mol. The van der Waals surface area contributed by atoms with E-state index in [2.05, 4.69) is 9.97 Å². The van der Waals surface area contributed by atoms with Crippen LogP contribution in [0.3, 0.4) is 0 Å². The summed E-state index contributed by atoms with van der Waals surface area (Å²) in [5.74, 6) is 0.807. The summed E-state index contributed by atoms with van der Waals surface area (Å²) in [5, 5.41) is 0. The molecular formula is C22H27N5O3. The van der Waals surface area contributed by atoms with Crippen LogP contribution in [-0.2, 0) is 11.3 Å². The van der Waals surface area contributed by atoms with Gasteiger partial charge in [-0.05, 0) is 49.9 Å². The summed E-state index contributed by atoms with van der Waals surface area (Å²) in [6, 6.07) is 9.43. The molecule has 4 rings (SSSR count). The van der Waals surface area contributed by atoms with Crippen molar-refractivity contribution in [1.82, 2.24) is 19.8 Å². The molecule has 0 aliphatic carbocycles. The maximum atomic E-state index is 13.4. The van der Waals surface area contributed by atoms with E-state index in [1.54, 1.807) is 25.0 Å². The number of piperidine rings is 1. The normalized spacial score (nSPS) is 21.3. The Morgan fingerprint density at radius 3 is 2.83 bits per heavy atom. The topological polar surface area (TPSA) is 102 Å². The monoisotopic (exact) mass is 409 g/mol. The highest BCUT2D eigenvalue weighted by molar-refractivity contribution is 5.94. The van der Waals surface area contributed by atoms with Gasteiger partial charge in [-0.2, -0.15) is 0 Å². The molecule has 8 heteroatoms. The molecule has 2 saturated heterocycles. The summed E-state index contributed by atoms with van der Waals surface area (Å²) in [6.45, 7) is 4.02. The summed E-state index contributed by atoms with van der Waals surface area (Å²) in [7, 11) is 1.64. The maximum absolute atomic E-state index is 13.4. The number of hydrogen-bond acceptors (Lipinski definition) is 6. The van der Waals surface area contributed by atoms with E-state index in [0.29, 0.717) is 31.7 Å². The van der Waals surface area contributed by atoms with Crippen molar-refractivity contribution < 1.29 is 14.3 Å². The van der Waals surface area contributed by atoms with Gasteiger partial charge in [0.1, 0.15) is 11.4 Å². The lowest BCUT2D eigenvalue weighted by atomic mass is 9.78. The third kappa shape index (κ3) is 3.81. The third-order valence-corrected chi connectivity index (χ3v) is 6.06. The summed E-state index contributed by atoms with van der Waals surface area (Å²) in [4.78, 5) is 38.2. The Bertz CT molecular complexity index is 959. The lowest BCUT2D eigenvalue weighted by Gasteiger charge is -2.39. The lowest BCUT2D eigenvalue weighted by molar-refractivity contribution is -0.146. The first-order valence-corrected chi connectivity index (χ1v) is 10.2. The molecule has 30 heavy (non-hydrogen) atoms. The van der Waals surface area contributed by atoms with E-state index in [1.807, 2.05) is 29.2 Å². The van der Waals surface area contributed by atoms with Crippen molar-refractivity contribution in [2.24, 2.45) is 5.41 Å². The Morgan fingerprint density at radius 1 is 1.23 bits per heavy atom. The van der Waals surface area contributed by atoms with Crippen molar-refractivity contribution in [2.75, 3.05) is 32.5 Å². The number of nitrogen functional groups attached to an aromatic ring is 1. The van der Waals surface area contributed by atoms with Crippen molar-refractivity contribution in [2.45, 2.75) is 32.7 Å². The van der Waals surface area contributed by atoms with Gasteiger partial charge < -0.3 is 20.3 Å². The highest BCUT2D eigenvalue weighted by atomic mass is 16.5. The SMILES string of the molecule is COc1cccc(CN2CCCC3(CCN(C(=O)c4cc(C)nc(N)n4)C3)C2=O)c1. The van der Waals surface area contributed by atoms with Crippen molar-refractivity contribution in [3.05, 3.63) is 47.3 Å². The van der Waals surface area contributed by atoms with Crippen LogP contribution in [0.1, 0.15) is 41.0 Å². The smallest absolute Gasteiger partial charge is 0.272 e. The maximum Gasteiger partial charge on any atom is 0.272 e. The highest BCUT2D eigenvalue weighted by Gasteiger charge is 2.49. The van der Waals surface area contributed by atoms with Gasteiger partial charge in [0.15, 0.2) is 0 Å². The zero-order chi connectivity index (χ0) is 21.3. The van der Waals surface area contributed by atoms with Gasteiger partial charge in [0.05, 0.1) is 12.5 Å². The Balaban J connectivity index is 1.49. The van der Waals surface area contributed by atoms with Gasteiger partial charge in [-0.25, -0.2) is 9.97 Å². The standard InChI is InChI=1S/C22H27N5O3/c1-15-11-18(25-21(23)24-15)19(28)27-10-8-22(14-27)7-4-9-26(20(22)29)13-16-5-3-6-17(12-16)30-2/h3,5-6,11-12H,4,7-10,13-14H2,1-2H3,(H2,23,24,25). The van der Waals surface area contributed by atoms with Crippen LogP contribution in [-0.4, -0.2) is 58.3 Å². The molecule has 0 radical (unpaired) electrons. The fourth-order valence-corrected chi connectivity index (χ4v) is 4.58. The average molecular weight is 409 g/mol. The summed E-state index contributed by atoms with van der Waals surface area (Å²) in [6.07, 6.45) is 2.40. The molecule has 2 amide bonds. The van der Waals surface area contributed by atoms with E-state index in [4.69, 9.17) is 10.5 Å². The van der Waals surface area contributed by atoms with Crippen molar-refractivity contribution >= 4 is 17.8 Å². The van der Waals surface area contributed by atoms with Crippen LogP contribution in [0, 0.1) is 12.3 Å². The second-order valence-corrected chi connectivity index (χ2v) is 8.19. The molecule has 2 aliphatic heterocycles. The number of nitrogens with zero attached hydrogens (tertiary/aromatic N) is 4. The summed E-state index contributed by atoms with van der Waals surface area (Å²) >= 11 is 0. The van der Waals surface area contributed by atoms with Crippen molar-refractivity contribution in [3.63, 3.8) is 0 Å². The van der Waals surface area contributed by atoms with Gasteiger partial charge in [0.2, 0.25) is 11.9 Å². The minimum atomic E-state index is -0.513. The van der Waals surface area contributed by atoms with Crippen LogP contribution in [0.2, 0.25) is 0 Å².